The molecule has 0 bridgehead atoms. The van der Waals surface area contributed by atoms with Gasteiger partial charge in [0.15, 0.2) is 0 Å². The molecule has 0 heterocycles. The van der Waals surface area contributed by atoms with Gasteiger partial charge in [0.2, 0.25) is 0 Å². The molecule has 54 valence electrons. The van der Waals surface area contributed by atoms with E-state index < -0.39 is 0 Å². The van der Waals surface area contributed by atoms with Gasteiger partial charge in [-0.15, -0.1) is 0 Å². The summed E-state index contributed by atoms with van der Waals surface area (Å²) in [5.74, 6) is 0. The fourth-order valence-corrected chi connectivity index (χ4v) is 1.04. The molecular formula is C8H10O2. The van der Waals surface area contributed by atoms with Crippen molar-refractivity contribution < 1.29 is 9.53 Å². The van der Waals surface area contributed by atoms with Crippen LogP contribution in [0.5, 0.6) is 0 Å². The van der Waals surface area contributed by atoms with Crippen LogP contribution in [0, 0.1) is 0 Å². The summed E-state index contributed by atoms with van der Waals surface area (Å²) in [4.78, 5) is 10.1. The summed E-state index contributed by atoms with van der Waals surface area (Å²) in [6.07, 6.45) is 7.24. The summed E-state index contributed by atoms with van der Waals surface area (Å²) in [6, 6.07) is 0. The second-order valence-electron chi connectivity index (χ2n) is 2.17. The van der Waals surface area contributed by atoms with Crippen molar-refractivity contribution in [1.29, 1.82) is 0 Å². The van der Waals surface area contributed by atoms with Gasteiger partial charge in [-0.2, -0.15) is 0 Å². The molecule has 0 aromatic rings. The van der Waals surface area contributed by atoms with Crippen LogP contribution in [0.3, 0.4) is 0 Å². The van der Waals surface area contributed by atoms with Crippen LogP contribution >= 0.6 is 0 Å². The zero-order valence-electron chi connectivity index (χ0n) is 5.91. The second kappa shape index (κ2) is 3.32. The average molecular weight is 138 g/mol. The van der Waals surface area contributed by atoms with Crippen molar-refractivity contribution in [3.05, 3.63) is 23.8 Å². The Hall–Kier alpha value is -0.890. The Morgan fingerprint density at radius 2 is 2.60 bits per heavy atom. The fraction of sp³-hybridized carbons (Fsp3) is 0.375. The first-order chi connectivity index (χ1) is 4.88. The van der Waals surface area contributed by atoms with Crippen LogP contribution in [0.2, 0.25) is 0 Å². The first-order valence-corrected chi connectivity index (χ1v) is 3.23. The van der Waals surface area contributed by atoms with E-state index >= 15 is 0 Å². The summed E-state index contributed by atoms with van der Waals surface area (Å²) in [7, 11) is 1.65. The van der Waals surface area contributed by atoms with Gasteiger partial charge in [-0.1, -0.05) is 12.2 Å². The minimum Gasteiger partial charge on any atom is -0.376 e. The van der Waals surface area contributed by atoms with Crippen LogP contribution in [0.25, 0.3) is 0 Å². The summed E-state index contributed by atoms with van der Waals surface area (Å²) in [5.41, 5.74) is 0.970. The van der Waals surface area contributed by atoms with Crippen molar-refractivity contribution in [3.8, 4) is 0 Å². The molecule has 1 aliphatic carbocycles. The maximum Gasteiger partial charge on any atom is 0.143 e. The molecule has 1 atom stereocenters. The largest absolute Gasteiger partial charge is 0.376 e. The van der Waals surface area contributed by atoms with Crippen molar-refractivity contribution >= 4 is 6.29 Å². The van der Waals surface area contributed by atoms with Crippen LogP contribution < -0.4 is 0 Å². The average Bonchev–Trinajstić information content (AvgIpc) is 2.36. The monoisotopic (exact) mass is 138 g/mol. The molecule has 1 aliphatic rings. The van der Waals surface area contributed by atoms with E-state index in [1.807, 2.05) is 12.2 Å². The number of rotatable bonds is 2. The third-order valence-corrected chi connectivity index (χ3v) is 1.58. The van der Waals surface area contributed by atoms with E-state index in [4.69, 9.17) is 4.74 Å². The Balaban J connectivity index is 2.65. The highest BCUT2D eigenvalue weighted by Gasteiger charge is 2.13. The molecule has 10 heavy (non-hydrogen) atoms. The van der Waals surface area contributed by atoms with Crippen molar-refractivity contribution in [2.45, 2.75) is 12.5 Å². The SMILES string of the molecule is CO[C@@H]1CC=C/C1=C/C=O. The highest BCUT2D eigenvalue weighted by molar-refractivity contribution is 5.68. The third-order valence-electron chi connectivity index (χ3n) is 1.58. The number of allylic oxidation sites excluding steroid dienone is 1. The van der Waals surface area contributed by atoms with Gasteiger partial charge in [-0.05, 0) is 18.1 Å². The van der Waals surface area contributed by atoms with E-state index in [9.17, 15) is 4.79 Å². The van der Waals surface area contributed by atoms with Gasteiger partial charge >= 0.3 is 0 Å². The molecule has 0 aromatic heterocycles. The van der Waals surface area contributed by atoms with Gasteiger partial charge in [0, 0.05) is 7.11 Å². The van der Waals surface area contributed by atoms with Crippen molar-refractivity contribution in [2.75, 3.05) is 7.11 Å². The zero-order valence-corrected chi connectivity index (χ0v) is 5.91. The van der Waals surface area contributed by atoms with Gasteiger partial charge in [0.25, 0.3) is 0 Å². The molecule has 0 aliphatic heterocycles. The minimum atomic E-state index is 0.102. The molecule has 0 saturated heterocycles. The number of carbonyl (C=O) groups is 1. The van der Waals surface area contributed by atoms with Gasteiger partial charge in [0.1, 0.15) is 6.29 Å². The lowest BCUT2D eigenvalue weighted by Gasteiger charge is -2.07. The van der Waals surface area contributed by atoms with Gasteiger partial charge in [-0.25, -0.2) is 0 Å². The van der Waals surface area contributed by atoms with E-state index in [-0.39, 0.29) is 6.10 Å². The van der Waals surface area contributed by atoms with Crippen molar-refractivity contribution in [2.24, 2.45) is 0 Å². The minimum absolute atomic E-state index is 0.102. The molecule has 0 spiro atoms. The Morgan fingerprint density at radius 1 is 1.80 bits per heavy atom. The molecule has 0 saturated carbocycles. The fourth-order valence-electron chi connectivity index (χ4n) is 1.04. The Bertz CT molecular complexity index is 180. The Morgan fingerprint density at radius 3 is 3.20 bits per heavy atom. The number of ether oxygens (including phenoxy) is 1. The number of methoxy groups -OCH3 is 1. The molecule has 0 unspecified atom stereocenters. The number of aldehydes is 1. The summed E-state index contributed by atoms with van der Waals surface area (Å²) < 4.78 is 5.09. The number of hydrogen-bond acceptors (Lipinski definition) is 2. The lowest BCUT2D eigenvalue weighted by atomic mass is 10.2. The smallest absolute Gasteiger partial charge is 0.143 e. The first-order valence-electron chi connectivity index (χ1n) is 3.23. The summed E-state index contributed by atoms with van der Waals surface area (Å²) in [6.45, 7) is 0. The summed E-state index contributed by atoms with van der Waals surface area (Å²) >= 11 is 0. The quantitative estimate of drug-likeness (QED) is 0.421. The van der Waals surface area contributed by atoms with Gasteiger partial charge in [0.05, 0.1) is 6.10 Å². The van der Waals surface area contributed by atoms with Crippen LogP contribution in [0.4, 0.5) is 0 Å². The highest BCUT2D eigenvalue weighted by atomic mass is 16.5. The lowest BCUT2D eigenvalue weighted by Crippen LogP contribution is -2.07. The van der Waals surface area contributed by atoms with Crippen LogP contribution in [0.1, 0.15) is 6.42 Å². The second-order valence-corrected chi connectivity index (χ2v) is 2.17. The van der Waals surface area contributed by atoms with E-state index in [1.54, 1.807) is 7.11 Å². The van der Waals surface area contributed by atoms with Crippen molar-refractivity contribution in [3.63, 3.8) is 0 Å². The molecule has 2 nitrogen and oxygen atoms in total. The molecular weight excluding hydrogens is 128 g/mol. The number of hydrogen-bond donors (Lipinski definition) is 0. The van der Waals surface area contributed by atoms with Crippen LogP contribution in [0.15, 0.2) is 23.8 Å². The van der Waals surface area contributed by atoms with Gasteiger partial charge in [-0.3, -0.25) is 4.79 Å². The normalized spacial score (nSPS) is 27.7. The van der Waals surface area contributed by atoms with Crippen LogP contribution in [-0.2, 0) is 9.53 Å². The first kappa shape index (κ1) is 7.22. The van der Waals surface area contributed by atoms with Crippen LogP contribution in [-0.4, -0.2) is 19.5 Å². The predicted molar refractivity (Wildman–Crippen MR) is 38.7 cm³/mol. The lowest BCUT2D eigenvalue weighted by molar-refractivity contribution is -0.104. The molecule has 0 aromatic carbocycles. The molecule has 0 fully saturated rings. The van der Waals surface area contributed by atoms with Crippen molar-refractivity contribution in [1.82, 2.24) is 0 Å². The van der Waals surface area contributed by atoms with E-state index in [0.29, 0.717) is 0 Å². The number of carbonyl (C=O) groups excluding carboxylic acids is 1. The standard InChI is InChI=1S/C8H10O2/c1-10-8-4-2-3-7(8)5-6-9/h2-3,5-6,8H,4H2,1H3/b7-5-/t8-/m1/s1. The molecule has 0 amide bonds. The predicted octanol–water partition coefficient (Wildman–Crippen LogP) is 1.09. The maximum atomic E-state index is 10.1. The topological polar surface area (TPSA) is 26.3 Å². The Labute approximate surface area is 60.2 Å². The molecule has 0 N–H and O–H groups in total. The third kappa shape index (κ3) is 1.33. The Kier molecular flexibility index (Phi) is 2.40. The molecule has 2 heteroatoms. The highest BCUT2D eigenvalue weighted by Crippen LogP contribution is 2.18. The van der Waals surface area contributed by atoms with E-state index in [0.717, 1.165) is 18.3 Å². The zero-order chi connectivity index (χ0) is 7.40. The van der Waals surface area contributed by atoms with E-state index in [1.165, 1.54) is 6.08 Å². The van der Waals surface area contributed by atoms with Gasteiger partial charge < -0.3 is 4.74 Å². The maximum absolute atomic E-state index is 10.1. The van der Waals surface area contributed by atoms with E-state index in [2.05, 4.69) is 0 Å². The molecule has 0 radical (unpaired) electrons. The summed E-state index contributed by atoms with van der Waals surface area (Å²) in [5, 5.41) is 0. The molecule has 1 rings (SSSR count).